The predicted octanol–water partition coefficient (Wildman–Crippen LogP) is 5.21. The molecule has 0 aliphatic rings. The van der Waals surface area contributed by atoms with E-state index in [1.54, 1.807) is 12.1 Å². The van der Waals surface area contributed by atoms with Gasteiger partial charge >= 0.3 is 5.97 Å². The fourth-order valence-corrected chi connectivity index (χ4v) is 2.85. The number of carboxylic acid groups (broad SMARTS) is 1. The van der Waals surface area contributed by atoms with Crippen LogP contribution in [0.1, 0.15) is 11.1 Å². The second-order valence-electron chi connectivity index (χ2n) is 5.66. The molecule has 3 aromatic carbocycles. The lowest BCUT2D eigenvalue weighted by Crippen LogP contribution is -2.02. The normalized spacial score (nSPS) is 10.4. The van der Waals surface area contributed by atoms with Crippen LogP contribution in [0.2, 0.25) is 5.02 Å². The zero-order valence-electron chi connectivity index (χ0n) is 13.5. The number of halogens is 1. The fraction of sp³-hybridized carbons (Fsp3) is 0.0952. The van der Waals surface area contributed by atoms with Crippen LogP contribution in [0.25, 0.3) is 11.1 Å². The summed E-state index contributed by atoms with van der Waals surface area (Å²) in [4.78, 5) is 11.0. The minimum absolute atomic E-state index is 0.0452. The van der Waals surface area contributed by atoms with Gasteiger partial charge in [-0.2, -0.15) is 0 Å². The maximum atomic E-state index is 11.0. The number of aliphatic carboxylic acids is 1. The first-order chi connectivity index (χ1) is 12.1. The van der Waals surface area contributed by atoms with Crippen LogP contribution in [-0.4, -0.2) is 11.1 Å². The van der Waals surface area contributed by atoms with Gasteiger partial charge < -0.3 is 9.84 Å². The van der Waals surface area contributed by atoms with Crippen LogP contribution in [0.15, 0.2) is 72.8 Å². The molecule has 0 atom stereocenters. The highest BCUT2D eigenvalue weighted by Gasteiger charge is 2.12. The molecule has 0 aromatic heterocycles. The van der Waals surface area contributed by atoms with Crippen LogP contribution >= 0.6 is 11.6 Å². The first-order valence-electron chi connectivity index (χ1n) is 7.90. The third-order valence-electron chi connectivity index (χ3n) is 3.80. The molecular weight excluding hydrogens is 336 g/mol. The molecule has 3 aromatic rings. The minimum atomic E-state index is -0.872. The van der Waals surface area contributed by atoms with Crippen LogP contribution in [-0.2, 0) is 17.8 Å². The molecule has 0 amide bonds. The summed E-state index contributed by atoms with van der Waals surface area (Å²) >= 11 is 6.33. The Labute approximate surface area is 151 Å². The Hall–Kier alpha value is -2.78. The van der Waals surface area contributed by atoms with Crippen molar-refractivity contribution >= 4 is 17.6 Å². The van der Waals surface area contributed by atoms with E-state index in [0.29, 0.717) is 22.9 Å². The molecule has 0 bridgehead atoms. The first-order valence-corrected chi connectivity index (χ1v) is 8.27. The Morgan fingerprint density at radius 3 is 2.32 bits per heavy atom. The van der Waals surface area contributed by atoms with Gasteiger partial charge in [0.2, 0.25) is 0 Å². The van der Waals surface area contributed by atoms with Crippen molar-refractivity contribution in [2.75, 3.05) is 0 Å². The van der Waals surface area contributed by atoms with Gasteiger partial charge in [0, 0.05) is 16.1 Å². The van der Waals surface area contributed by atoms with E-state index in [1.807, 2.05) is 60.7 Å². The van der Waals surface area contributed by atoms with Crippen molar-refractivity contribution in [3.05, 3.63) is 88.9 Å². The molecule has 3 nitrogen and oxygen atoms in total. The highest BCUT2D eigenvalue weighted by atomic mass is 35.5. The second-order valence-corrected chi connectivity index (χ2v) is 6.06. The van der Waals surface area contributed by atoms with E-state index in [1.165, 1.54) is 0 Å². The lowest BCUT2D eigenvalue weighted by Gasteiger charge is -2.14. The molecule has 0 spiro atoms. The summed E-state index contributed by atoms with van der Waals surface area (Å²) in [5, 5.41) is 9.64. The highest BCUT2D eigenvalue weighted by Crippen LogP contribution is 2.36. The zero-order valence-corrected chi connectivity index (χ0v) is 14.2. The summed E-state index contributed by atoms with van der Waals surface area (Å²) in [6, 6.07) is 22.7. The van der Waals surface area contributed by atoms with Crippen molar-refractivity contribution in [2.24, 2.45) is 0 Å². The number of hydrogen-bond donors (Lipinski definition) is 1. The molecule has 0 fully saturated rings. The number of rotatable bonds is 6. The van der Waals surface area contributed by atoms with Gasteiger partial charge in [0.25, 0.3) is 0 Å². The Bertz CT molecular complexity index is 875. The van der Waals surface area contributed by atoms with Crippen molar-refractivity contribution in [1.82, 2.24) is 0 Å². The Morgan fingerprint density at radius 1 is 0.880 bits per heavy atom. The third kappa shape index (κ3) is 4.40. The van der Waals surface area contributed by atoms with Crippen LogP contribution in [0.3, 0.4) is 0 Å². The van der Waals surface area contributed by atoms with Crippen LogP contribution in [0.5, 0.6) is 5.75 Å². The number of carbonyl (C=O) groups is 1. The molecule has 0 saturated heterocycles. The van der Waals surface area contributed by atoms with E-state index < -0.39 is 5.97 Å². The molecule has 1 N–H and O–H groups in total. The van der Waals surface area contributed by atoms with E-state index in [-0.39, 0.29) is 6.42 Å². The predicted molar refractivity (Wildman–Crippen MR) is 99.0 cm³/mol. The molecule has 4 heteroatoms. The van der Waals surface area contributed by atoms with Crippen LogP contribution in [0.4, 0.5) is 0 Å². The van der Waals surface area contributed by atoms with Crippen LogP contribution < -0.4 is 4.74 Å². The van der Waals surface area contributed by atoms with Crippen molar-refractivity contribution in [1.29, 1.82) is 0 Å². The van der Waals surface area contributed by atoms with Crippen LogP contribution in [0, 0.1) is 0 Å². The van der Waals surface area contributed by atoms with Gasteiger partial charge in [-0.1, -0.05) is 66.2 Å². The third-order valence-corrected chi connectivity index (χ3v) is 4.13. The van der Waals surface area contributed by atoms with Gasteiger partial charge in [-0.05, 0) is 29.3 Å². The van der Waals surface area contributed by atoms with E-state index in [4.69, 9.17) is 21.4 Å². The maximum Gasteiger partial charge on any atom is 0.307 e. The molecule has 0 saturated carbocycles. The monoisotopic (exact) mass is 352 g/mol. The van der Waals surface area contributed by atoms with Gasteiger partial charge in [0.15, 0.2) is 0 Å². The summed E-state index contributed by atoms with van der Waals surface area (Å²) in [6.07, 6.45) is -0.0452. The minimum Gasteiger partial charge on any atom is -0.488 e. The summed E-state index contributed by atoms with van der Waals surface area (Å²) < 4.78 is 5.99. The average molecular weight is 353 g/mol. The standard InChI is InChI=1S/C21H17ClO3/c22-19-9-5-4-8-17(19)18-12-16(13-21(23)24)10-11-20(18)25-14-15-6-2-1-3-7-15/h1-12H,13-14H2,(H,23,24). The summed E-state index contributed by atoms with van der Waals surface area (Å²) in [6.45, 7) is 0.427. The molecule has 0 aliphatic heterocycles. The zero-order chi connectivity index (χ0) is 17.6. The maximum absolute atomic E-state index is 11.0. The van der Waals surface area contributed by atoms with Gasteiger partial charge in [-0.25, -0.2) is 0 Å². The SMILES string of the molecule is O=C(O)Cc1ccc(OCc2ccccc2)c(-c2ccccc2Cl)c1. The molecule has 3 rings (SSSR count). The van der Waals surface area contributed by atoms with E-state index in [2.05, 4.69) is 0 Å². The van der Waals surface area contributed by atoms with E-state index in [0.717, 1.165) is 16.7 Å². The lowest BCUT2D eigenvalue weighted by molar-refractivity contribution is -0.136. The number of hydrogen-bond acceptors (Lipinski definition) is 2. The summed E-state index contributed by atoms with van der Waals surface area (Å²) in [5.41, 5.74) is 3.37. The van der Waals surface area contributed by atoms with Crippen molar-refractivity contribution in [2.45, 2.75) is 13.0 Å². The van der Waals surface area contributed by atoms with E-state index >= 15 is 0 Å². The van der Waals surface area contributed by atoms with Gasteiger partial charge in [0.05, 0.1) is 6.42 Å². The second kappa shape index (κ2) is 7.86. The van der Waals surface area contributed by atoms with Crippen molar-refractivity contribution in [3.8, 4) is 16.9 Å². The molecule has 0 unspecified atom stereocenters. The number of carboxylic acids is 1. The van der Waals surface area contributed by atoms with E-state index in [9.17, 15) is 4.79 Å². The first kappa shape index (κ1) is 17.1. The summed E-state index contributed by atoms with van der Waals surface area (Å²) in [7, 11) is 0. The van der Waals surface area contributed by atoms with Gasteiger partial charge in [0.1, 0.15) is 12.4 Å². The van der Waals surface area contributed by atoms with Crippen molar-refractivity contribution < 1.29 is 14.6 Å². The molecule has 0 aliphatic carbocycles. The summed E-state index contributed by atoms with van der Waals surface area (Å²) in [5.74, 6) is -0.200. The Kier molecular flexibility index (Phi) is 5.36. The fourth-order valence-electron chi connectivity index (χ4n) is 2.61. The molecule has 126 valence electrons. The van der Waals surface area contributed by atoms with Gasteiger partial charge in [-0.15, -0.1) is 0 Å². The number of benzene rings is 3. The highest BCUT2D eigenvalue weighted by molar-refractivity contribution is 6.33. The molecule has 0 heterocycles. The Balaban J connectivity index is 1.96. The smallest absolute Gasteiger partial charge is 0.307 e. The number of ether oxygens (including phenoxy) is 1. The van der Waals surface area contributed by atoms with Crippen molar-refractivity contribution in [3.63, 3.8) is 0 Å². The largest absolute Gasteiger partial charge is 0.488 e. The van der Waals surface area contributed by atoms with Gasteiger partial charge in [-0.3, -0.25) is 4.79 Å². The topological polar surface area (TPSA) is 46.5 Å². The Morgan fingerprint density at radius 2 is 1.60 bits per heavy atom. The molecule has 0 radical (unpaired) electrons. The lowest BCUT2D eigenvalue weighted by atomic mass is 10.0. The molecule has 25 heavy (non-hydrogen) atoms. The molecular formula is C21H17ClO3. The quantitative estimate of drug-likeness (QED) is 0.662. The average Bonchev–Trinajstić information content (AvgIpc) is 2.61.